The zero-order chi connectivity index (χ0) is 13.9. The van der Waals surface area contributed by atoms with Crippen LogP contribution in [-0.2, 0) is 11.2 Å². The molecular formula is C14H24N4O2. The summed E-state index contributed by atoms with van der Waals surface area (Å²) >= 11 is 0. The van der Waals surface area contributed by atoms with Crippen molar-refractivity contribution in [3.63, 3.8) is 0 Å². The summed E-state index contributed by atoms with van der Waals surface area (Å²) in [4.78, 5) is 6.86. The van der Waals surface area contributed by atoms with Crippen LogP contribution in [0, 0.1) is 0 Å². The summed E-state index contributed by atoms with van der Waals surface area (Å²) in [6.45, 7) is 7.87. The van der Waals surface area contributed by atoms with Gasteiger partial charge in [-0.3, -0.25) is 4.90 Å². The second-order valence-electron chi connectivity index (χ2n) is 5.97. The Morgan fingerprint density at radius 1 is 1.40 bits per heavy atom. The Kier molecular flexibility index (Phi) is 4.33. The molecule has 0 spiro atoms. The molecule has 0 bridgehead atoms. The maximum Gasteiger partial charge on any atom is 0.228 e. The first kappa shape index (κ1) is 14.0. The number of morpholine rings is 1. The van der Waals surface area contributed by atoms with Crippen molar-refractivity contribution >= 4 is 0 Å². The van der Waals surface area contributed by atoms with Crippen molar-refractivity contribution in [2.45, 2.75) is 51.3 Å². The number of hydrogen-bond donors (Lipinski definition) is 1. The molecule has 2 fully saturated rings. The van der Waals surface area contributed by atoms with Crippen LogP contribution in [0.2, 0.25) is 0 Å². The van der Waals surface area contributed by atoms with E-state index in [0.717, 1.165) is 38.7 Å². The minimum Gasteiger partial charge on any atom is -0.367 e. The van der Waals surface area contributed by atoms with Crippen LogP contribution >= 0.6 is 0 Å². The Balaban J connectivity index is 1.52. The van der Waals surface area contributed by atoms with Crippen molar-refractivity contribution < 1.29 is 9.26 Å². The molecule has 6 nitrogen and oxygen atoms in total. The summed E-state index contributed by atoms with van der Waals surface area (Å²) in [7, 11) is 0. The molecule has 0 radical (unpaired) electrons. The molecule has 1 atom stereocenters. The van der Waals surface area contributed by atoms with Gasteiger partial charge in [-0.25, -0.2) is 0 Å². The summed E-state index contributed by atoms with van der Waals surface area (Å²) in [6, 6.07) is 1.24. The van der Waals surface area contributed by atoms with Crippen molar-refractivity contribution in [2.24, 2.45) is 0 Å². The molecule has 1 aromatic heterocycles. The number of aromatic nitrogens is 2. The Labute approximate surface area is 119 Å². The smallest absolute Gasteiger partial charge is 0.228 e. The minimum absolute atomic E-state index is 0.0555. The van der Waals surface area contributed by atoms with Crippen LogP contribution in [-0.4, -0.2) is 53.4 Å². The third-order valence-electron chi connectivity index (χ3n) is 3.95. The number of rotatable bonds is 6. The van der Waals surface area contributed by atoms with Gasteiger partial charge in [0.1, 0.15) is 6.10 Å². The monoisotopic (exact) mass is 280 g/mol. The van der Waals surface area contributed by atoms with E-state index in [1.807, 2.05) is 0 Å². The largest absolute Gasteiger partial charge is 0.367 e. The fourth-order valence-corrected chi connectivity index (χ4v) is 2.47. The van der Waals surface area contributed by atoms with E-state index in [1.165, 1.54) is 12.8 Å². The highest BCUT2D eigenvalue weighted by molar-refractivity contribution is 4.95. The van der Waals surface area contributed by atoms with Crippen molar-refractivity contribution in [1.82, 2.24) is 20.4 Å². The highest BCUT2D eigenvalue weighted by atomic mass is 16.5. The molecule has 2 heterocycles. The molecule has 1 aliphatic carbocycles. The Bertz CT molecular complexity index is 431. The second-order valence-corrected chi connectivity index (χ2v) is 5.97. The van der Waals surface area contributed by atoms with Gasteiger partial charge in [-0.1, -0.05) is 5.16 Å². The molecule has 6 heteroatoms. The number of hydrogen-bond acceptors (Lipinski definition) is 6. The van der Waals surface area contributed by atoms with Crippen molar-refractivity contribution in [1.29, 1.82) is 0 Å². The van der Waals surface area contributed by atoms with Gasteiger partial charge in [0.05, 0.1) is 6.61 Å². The van der Waals surface area contributed by atoms with Gasteiger partial charge >= 0.3 is 0 Å². The zero-order valence-corrected chi connectivity index (χ0v) is 12.3. The number of nitrogens with one attached hydrogen (secondary N) is 1. The highest BCUT2D eigenvalue weighted by Gasteiger charge is 2.27. The molecule has 1 unspecified atom stereocenters. The molecule has 1 aliphatic heterocycles. The van der Waals surface area contributed by atoms with E-state index in [-0.39, 0.29) is 6.10 Å². The van der Waals surface area contributed by atoms with Crippen molar-refractivity contribution in [3.05, 3.63) is 11.7 Å². The van der Waals surface area contributed by atoms with E-state index >= 15 is 0 Å². The van der Waals surface area contributed by atoms with Gasteiger partial charge in [-0.2, -0.15) is 4.98 Å². The van der Waals surface area contributed by atoms with E-state index in [9.17, 15) is 0 Å². The lowest BCUT2D eigenvalue weighted by Gasteiger charge is -2.34. The Morgan fingerprint density at radius 2 is 2.25 bits per heavy atom. The summed E-state index contributed by atoms with van der Waals surface area (Å²) < 4.78 is 11.1. The van der Waals surface area contributed by atoms with Crippen LogP contribution in [0.25, 0.3) is 0 Å². The van der Waals surface area contributed by atoms with Crippen LogP contribution in [0.1, 0.15) is 44.5 Å². The van der Waals surface area contributed by atoms with Crippen molar-refractivity contribution in [3.8, 4) is 0 Å². The molecule has 1 saturated carbocycles. The van der Waals surface area contributed by atoms with Crippen LogP contribution in [0.4, 0.5) is 0 Å². The van der Waals surface area contributed by atoms with Gasteiger partial charge < -0.3 is 14.6 Å². The molecule has 0 amide bonds. The SMILES string of the molecule is CC(C)N1CCOC(c2noc(CCNC3CC3)n2)C1. The van der Waals surface area contributed by atoms with Gasteiger partial charge in [-0.15, -0.1) is 0 Å². The average molecular weight is 280 g/mol. The third kappa shape index (κ3) is 3.56. The first-order valence-corrected chi connectivity index (χ1v) is 7.64. The van der Waals surface area contributed by atoms with Crippen LogP contribution < -0.4 is 5.32 Å². The van der Waals surface area contributed by atoms with Crippen molar-refractivity contribution in [2.75, 3.05) is 26.2 Å². The maximum atomic E-state index is 5.77. The first-order chi connectivity index (χ1) is 9.72. The molecule has 112 valence electrons. The Hall–Kier alpha value is -0.980. The minimum atomic E-state index is -0.0555. The number of ether oxygens (including phenoxy) is 1. The quantitative estimate of drug-likeness (QED) is 0.843. The van der Waals surface area contributed by atoms with Crippen LogP contribution in [0.5, 0.6) is 0 Å². The molecule has 1 aromatic rings. The van der Waals surface area contributed by atoms with Gasteiger partial charge in [0.25, 0.3) is 0 Å². The lowest BCUT2D eigenvalue weighted by molar-refractivity contribution is -0.0450. The maximum absolute atomic E-state index is 5.77. The normalized spacial score (nSPS) is 24.4. The number of nitrogens with zero attached hydrogens (tertiary/aromatic N) is 3. The fraction of sp³-hybridized carbons (Fsp3) is 0.857. The van der Waals surface area contributed by atoms with E-state index in [4.69, 9.17) is 9.26 Å². The zero-order valence-electron chi connectivity index (χ0n) is 12.3. The average Bonchev–Trinajstić information content (AvgIpc) is 3.15. The molecule has 3 rings (SSSR count). The fourth-order valence-electron chi connectivity index (χ4n) is 2.47. The van der Waals surface area contributed by atoms with Gasteiger partial charge in [0, 0.05) is 38.1 Å². The van der Waals surface area contributed by atoms with Crippen LogP contribution in [0.15, 0.2) is 4.52 Å². The molecule has 1 N–H and O–H groups in total. The second kappa shape index (κ2) is 6.20. The van der Waals surface area contributed by atoms with E-state index in [2.05, 4.69) is 34.2 Å². The molecule has 1 saturated heterocycles. The third-order valence-corrected chi connectivity index (χ3v) is 3.95. The predicted molar refractivity (Wildman–Crippen MR) is 74.4 cm³/mol. The molecule has 20 heavy (non-hydrogen) atoms. The highest BCUT2D eigenvalue weighted by Crippen LogP contribution is 2.21. The van der Waals surface area contributed by atoms with E-state index < -0.39 is 0 Å². The first-order valence-electron chi connectivity index (χ1n) is 7.64. The van der Waals surface area contributed by atoms with Gasteiger partial charge in [-0.05, 0) is 26.7 Å². The topological polar surface area (TPSA) is 63.4 Å². The van der Waals surface area contributed by atoms with Gasteiger partial charge in [0.2, 0.25) is 11.7 Å². The summed E-state index contributed by atoms with van der Waals surface area (Å²) in [5, 5.41) is 7.53. The lowest BCUT2D eigenvalue weighted by Crippen LogP contribution is -2.42. The lowest BCUT2D eigenvalue weighted by atomic mass is 10.2. The molecular weight excluding hydrogens is 256 g/mol. The van der Waals surface area contributed by atoms with Gasteiger partial charge in [0.15, 0.2) is 0 Å². The summed E-state index contributed by atoms with van der Waals surface area (Å²) in [6.07, 6.45) is 3.34. The van der Waals surface area contributed by atoms with Crippen LogP contribution in [0.3, 0.4) is 0 Å². The summed E-state index contributed by atoms with van der Waals surface area (Å²) in [5.74, 6) is 1.40. The molecule has 2 aliphatic rings. The molecule has 0 aromatic carbocycles. The Morgan fingerprint density at radius 3 is 3.00 bits per heavy atom. The standard InChI is InChI=1S/C14H24N4O2/c1-10(2)18-7-8-19-12(9-18)14-16-13(20-17-14)5-6-15-11-3-4-11/h10-12,15H,3-9H2,1-2H3. The van der Waals surface area contributed by atoms with E-state index in [1.54, 1.807) is 0 Å². The predicted octanol–water partition coefficient (Wildman–Crippen LogP) is 1.15. The van der Waals surface area contributed by atoms with E-state index in [0.29, 0.717) is 17.8 Å². The summed E-state index contributed by atoms with van der Waals surface area (Å²) in [5.41, 5.74) is 0.